The van der Waals surface area contributed by atoms with Crippen molar-refractivity contribution in [3.05, 3.63) is 17.7 Å². The maximum atomic E-state index is 12.7. The minimum atomic E-state index is -4.46. The van der Waals surface area contributed by atoms with Crippen LogP contribution in [-0.2, 0) is 6.18 Å². The number of nitrogens with zero attached hydrogens (tertiary/aromatic N) is 2. The Morgan fingerprint density at radius 3 is 2.81 bits per heavy atom. The van der Waals surface area contributed by atoms with E-state index in [4.69, 9.17) is 10.6 Å². The van der Waals surface area contributed by atoms with E-state index in [-0.39, 0.29) is 11.7 Å². The first-order chi connectivity index (χ1) is 9.90. The van der Waals surface area contributed by atoms with Crippen LogP contribution in [0.1, 0.15) is 24.8 Å². The number of anilines is 1. The van der Waals surface area contributed by atoms with Gasteiger partial charge >= 0.3 is 6.18 Å². The molecule has 118 valence electrons. The molecule has 5 nitrogen and oxygen atoms in total. The molecule has 3 N–H and O–H groups in total. The fourth-order valence-corrected chi connectivity index (χ4v) is 2.46. The minimum Gasteiger partial charge on any atom is -0.478 e. The van der Waals surface area contributed by atoms with Gasteiger partial charge in [-0.05, 0) is 38.9 Å². The lowest BCUT2D eigenvalue weighted by Crippen LogP contribution is -2.26. The predicted molar refractivity (Wildman–Crippen MR) is 72.8 cm³/mol. The molecule has 1 aromatic heterocycles. The van der Waals surface area contributed by atoms with Gasteiger partial charge < -0.3 is 15.1 Å². The number of hydrogen-bond donors (Lipinski definition) is 2. The molecule has 1 saturated heterocycles. The Bertz CT molecular complexity index is 481. The number of hydrazine groups is 1. The number of pyridine rings is 1. The van der Waals surface area contributed by atoms with Gasteiger partial charge in [-0.3, -0.25) is 0 Å². The van der Waals surface area contributed by atoms with Gasteiger partial charge in [0.25, 0.3) is 0 Å². The Labute approximate surface area is 121 Å². The Morgan fingerprint density at radius 1 is 1.48 bits per heavy atom. The molecule has 0 amide bonds. The first kappa shape index (κ1) is 15.8. The number of nitrogens with two attached hydrogens (primary N) is 1. The van der Waals surface area contributed by atoms with Crippen molar-refractivity contribution >= 4 is 5.82 Å². The second-order valence-corrected chi connectivity index (χ2v) is 5.14. The Kier molecular flexibility index (Phi) is 4.89. The van der Waals surface area contributed by atoms with Crippen molar-refractivity contribution in [1.82, 2.24) is 9.88 Å². The Balaban J connectivity index is 1.98. The number of nitrogens with one attached hydrogen (secondary N) is 1. The van der Waals surface area contributed by atoms with Crippen molar-refractivity contribution in [1.29, 1.82) is 0 Å². The van der Waals surface area contributed by atoms with E-state index < -0.39 is 11.7 Å². The zero-order chi connectivity index (χ0) is 15.5. The summed E-state index contributed by atoms with van der Waals surface area (Å²) in [4.78, 5) is 6.11. The maximum absolute atomic E-state index is 12.7. The van der Waals surface area contributed by atoms with Crippen LogP contribution >= 0.6 is 0 Å². The van der Waals surface area contributed by atoms with Gasteiger partial charge in [0.2, 0.25) is 5.88 Å². The van der Waals surface area contributed by atoms with E-state index in [2.05, 4.69) is 15.3 Å². The molecule has 2 heterocycles. The van der Waals surface area contributed by atoms with E-state index in [0.29, 0.717) is 12.6 Å². The highest BCUT2D eigenvalue weighted by molar-refractivity contribution is 5.41. The molecule has 0 aliphatic carbocycles. The molecule has 1 atom stereocenters. The molecule has 1 aliphatic heterocycles. The van der Waals surface area contributed by atoms with Crippen molar-refractivity contribution < 1.29 is 17.9 Å². The van der Waals surface area contributed by atoms with Gasteiger partial charge in [-0.1, -0.05) is 0 Å². The zero-order valence-corrected chi connectivity index (χ0v) is 11.8. The molecule has 1 fully saturated rings. The fraction of sp³-hybridized carbons (Fsp3) is 0.615. The van der Waals surface area contributed by atoms with Crippen molar-refractivity contribution in [3.63, 3.8) is 0 Å². The lowest BCUT2D eigenvalue weighted by Gasteiger charge is -2.19. The monoisotopic (exact) mass is 304 g/mol. The minimum absolute atomic E-state index is 0.0709. The van der Waals surface area contributed by atoms with Crippen molar-refractivity contribution in [3.8, 4) is 5.88 Å². The topological polar surface area (TPSA) is 63.4 Å². The summed E-state index contributed by atoms with van der Waals surface area (Å²) in [5.41, 5.74) is 1.28. The van der Waals surface area contributed by atoms with Crippen LogP contribution < -0.4 is 16.0 Å². The van der Waals surface area contributed by atoms with E-state index in [9.17, 15) is 13.2 Å². The van der Waals surface area contributed by atoms with Crippen LogP contribution in [0.15, 0.2) is 12.1 Å². The summed E-state index contributed by atoms with van der Waals surface area (Å²) in [5, 5.41) is 0. The normalized spacial score (nSPS) is 19.8. The van der Waals surface area contributed by atoms with Crippen LogP contribution in [0.2, 0.25) is 0 Å². The van der Waals surface area contributed by atoms with Gasteiger partial charge in [0, 0.05) is 12.1 Å². The summed E-state index contributed by atoms with van der Waals surface area (Å²) in [6.45, 7) is 1.38. The number of ether oxygens (including phenoxy) is 1. The summed E-state index contributed by atoms with van der Waals surface area (Å²) in [6, 6.07) is 2.15. The lowest BCUT2D eigenvalue weighted by molar-refractivity contribution is -0.137. The van der Waals surface area contributed by atoms with Gasteiger partial charge in [-0.2, -0.15) is 18.2 Å². The van der Waals surface area contributed by atoms with E-state index in [0.717, 1.165) is 37.9 Å². The van der Waals surface area contributed by atoms with Crippen molar-refractivity contribution in [2.24, 2.45) is 5.84 Å². The molecule has 1 aliphatic rings. The third kappa shape index (κ3) is 4.21. The molecule has 0 radical (unpaired) electrons. The van der Waals surface area contributed by atoms with E-state index >= 15 is 0 Å². The van der Waals surface area contributed by atoms with E-state index in [1.54, 1.807) is 0 Å². The smallest absolute Gasteiger partial charge is 0.416 e. The molecule has 21 heavy (non-hydrogen) atoms. The average molecular weight is 304 g/mol. The predicted octanol–water partition coefficient (Wildman–Crippen LogP) is 2.25. The molecular formula is C13H19F3N4O. The van der Waals surface area contributed by atoms with Crippen LogP contribution in [-0.4, -0.2) is 36.1 Å². The molecule has 8 heteroatoms. The Hall–Kier alpha value is -1.54. The third-order valence-corrected chi connectivity index (χ3v) is 3.65. The van der Waals surface area contributed by atoms with Gasteiger partial charge in [-0.15, -0.1) is 0 Å². The number of rotatable bonds is 5. The molecule has 1 aromatic rings. The SMILES string of the molecule is CN1CCCC1CCOc1cc(C(F)(F)F)cc(NN)n1. The summed E-state index contributed by atoms with van der Waals surface area (Å²) in [6.07, 6.45) is -1.46. The first-order valence-electron chi connectivity index (χ1n) is 6.79. The quantitative estimate of drug-likeness (QED) is 0.645. The van der Waals surface area contributed by atoms with Gasteiger partial charge in [-0.25, -0.2) is 5.84 Å². The van der Waals surface area contributed by atoms with Gasteiger partial charge in [0.1, 0.15) is 5.82 Å². The molecule has 2 rings (SSSR count). The van der Waals surface area contributed by atoms with E-state index in [1.807, 2.05) is 7.05 Å². The summed E-state index contributed by atoms with van der Waals surface area (Å²) >= 11 is 0. The lowest BCUT2D eigenvalue weighted by atomic mass is 10.1. The molecule has 0 aromatic carbocycles. The fourth-order valence-electron chi connectivity index (χ4n) is 2.46. The second kappa shape index (κ2) is 6.48. The Morgan fingerprint density at radius 2 is 2.24 bits per heavy atom. The van der Waals surface area contributed by atoms with Crippen LogP contribution in [0.3, 0.4) is 0 Å². The molecule has 0 saturated carbocycles. The van der Waals surface area contributed by atoms with Crippen molar-refractivity contribution in [2.75, 3.05) is 25.6 Å². The summed E-state index contributed by atoms with van der Waals surface area (Å²) in [7, 11) is 2.04. The number of alkyl halides is 3. The number of hydrogen-bond acceptors (Lipinski definition) is 5. The standard InChI is InChI=1S/C13H19F3N4O/c1-20-5-2-3-10(20)4-6-21-12-8-9(13(14,15)16)7-11(18-12)19-17/h7-8,10H,2-6,17H2,1H3,(H,18,19). The van der Waals surface area contributed by atoms with Crippen LogP contribution in [0.25, 0.3) is 0 Å². The molecular weight excluding hydrogens is 285 g/mol. The van der Waals surface area contributed by atoms with Gasteiger partial charge in [0.15, 0.2) is 0 Å². The average Bonchev–Trinajstić information content (AvgIpc) is 2.83. The number of likely N-dealkylation sites (tertiary alicyclic amines) is 1. The highest BCUT2D eigenvalue weighted by atomic mass is 19.4. The number of halogens is 3. The largest absolute Gasteiger partial charge is 0.478 e. The molecule has 1 unspecified atom stereocenters. The summed E-state index contributed by atoms with van der Waals surface area (Å²) in [5.74, 6) is 4.99. The molecule has 0 bridgehead atoms. The van der Waals surface area contributed by atoms with Crippen LogP contribution in [0.5, 0.6) is 5.88 Å². The van der Waals surface area contributed by atoms with Crippen LogP contribution in [0, 0.1) is 0 Å². The molecule has 0 spiro atoms. The van der Waals surface area contributed by atoms with Crippen LogP contribution in [0.4, 0.5) is 19.0 Å². The summed E-state index contributed by atoms with van der Waals surface area (Å²) < 4.78 is 43.6. The third-order valence-electron chi connectivity index (χ3n) is 3.65. The van der Waals surface area contributed by atoms with E-state index in [1.165, 1.54) is 0 Å². The maximum Gasteiger partial charge on any atom is 0.416 e. The zero-order valence-electron chi connectivity index (χ0n) is 11.8. The highest BCUT2D eigenvalue weighted by Gasteiger charge is 2.32. The number of aromatic nitrogens is 1. The first-order valence-corrected chi connectivity index (χ1v) is 6.79. The van der Waals surface area contributed by atoms with Gasteiger partial charge in [0.05, 0.1) is 12.2 Å². The number of nitrogen functional groups attached to an aromatic ring is 1. The second-order valence-electron chi connectivity index (χ2n) is 5.14. The highest BCUT2D eigenvalue weighted by Crippen LogP contribution is 2.32. The van der Waals surface area contributed by atoms with Crippen molar-refractivity contribution in [2.45, 2.75) is 31.5 Å².